The Morgan fingerprint density at radius 2 is 2.22 bits per heavy atom. The third-order valence-corrected chi connectivity index (χ3v) is 2.56. The predicted molar refractivity (Wildman–Crippen MR) is 66.3 cm³/mol. The van der Waals surface area contributed by atoms with E-state index in [-0.39, 0.29) is 12.5 Å². The number of rotatable bonds is 4. The van der Waals surface area contributed by atoms with Crippen LogP contribution in [0, 0.1) is 0 Å². The summed E-state index contributed by atoms with van der Waals surface area (Å²) in [6, 6.07) is 3.18. The van der Waals surface area contributed by atoms with Gasteiger partial charge in [-0.15, -0.1) is 0 Å². The first-order valence-corrected chi connectivity index (χ1v) is 5.90. The maximum atomic E-state index is 11.7. The maximum absolute atomic E-state index is 11.7. The van der Waals surface area contributed by atoms with E-state index >= 15 is 0 Å². The summed E-state index contributed by atoms with van der Waals surface area (Å²) >= 11 is 5.64. The van der Waals surface area contributed by atoms with Crippen molar-refractivity contribution in [1.82, 2.24) is 15.3 Å². The lowest BCUT2D eigenvalue weighted by atomic mass is 10.3. The summed E-state index contributed by atoms with van der Waals surface area (Å²) in [5.41, 5.74) is 0.446. The van der Waals surface area contributed by atoms with E-state index in [9.17, 15) is 4.79 Å². The van der Waals surface area contributed by atoms with Gasteiger partial charge in [0.2, 0.25) is 5.89 Å². The highest BCUT2D eigenvalue weighted by molar-refractivity contribution is 6.29. The third-order valence-electron chi connectivity index (χ3n) is 2.34. The van der Waals surface area contributed by atoms with Crippen LogP contribution in [0.2, 0.25) is 5.15 Å². The molecule has 5 nitrogen and oxygen atoms in total. The molecule has 0 saturated heterocycles. The van der Waals surface area contributed by atoms with Crippen molar-refractivity contribution < 1.29 is 9.21 Å². The number of nitrogens with zero attached hydrogens (tertiary/aromatic N) is 2. The van der Waals surface area contributed by atoms with Crippen molar-refractivity contribution in [1.29, 1.82) is 0 Å². The number of aromatic nitrogens is 2. The molecule has 1 amide bonds. The Bertz CT molecular complexity index is 537. The van der Waals surface area contributed by atoms with Crippen LogP contribution in [0.15, 0.2) is 28.9 Å². The van der Waals surface area contributed by atoms with E-state index in [1.165, 1.54) is 6.20 Å². The Hall–Kier alpha value is -1.88. The van der Waals surface area contributed by atoms with Crippen LogP contribution in [0.3, 0.4) is 0 Å². The fourth-order valence-corrected chi connectivity index (χ4v) is 1.47. The number of carbonyl (C=O) groups is 1. The zero-order valence-corrected chi connectivity index (χ0v) is 10.6. The molecule has 0 unspecified atom stereocenters. The average molecular weight is 266 g/mol. The van der Waals surface area contributed by atoms with Crippen LogP contribution in [0.4, 0.5) is 0 Å². The van der Waals surface area contributed by atoms with E-state index < -0.39 is 0 Å². The molecule has 0 aromatic carbocycles. The van der Waals surface area contributed by atoms with Crippen molar-refractivity contribution in [3.8, 4) is 0 Å². The SMILES string of the molecule is CCc1cnc(CNC(=O)c2ccc(Cl)nc2)o1. The van der Waals surface area contributed by atoms with Gasteiger partial charge in [-0.3, -0.25) is 4.79 Å². The summed E-state index contributed by atoms with van der Waals surface area (Å²) in [7, 11) is 0. The Balaban J connectivity index is 1.93. The summed E-state index contributed by atoms with van der Waals surface area (Å²) < 4.78 is 5.38. The largest absolute Gasteiger partial charge is 0.444 e. The molecular formula is C12H12ClN3O2. The van der Waals surface area contributed by atoms with Crippen molar-refractivity contribution in [2.75, 3.05) is 0 Å². The van der Waals surface area contributed by atoms with Crippen molar-refractivity contribution in [3.63, 3.8) is 0 Å². The quantitative estimate of drug-likeness (QED) is 0.861. The summed E-state index contributed by atoms with van der Waals surface area (Å²) in [6.45, 7) is 2.23. The predicted octanol–water partition coefficient (Wildman–Crippen LogP) is 2.22. The first kappa shape index (κ1) is 12.6. The molecule has 0 spiro atoms. The number of pyridine rings is 1. The van der Waals surface area contributed by atoms with Crippen LogP contribution < -0.4 is 5.32 Å². The molecule has 0 fully saturated rings. The third kappa shape index (κ3) is 3.07. The molecule has 1 N–H and O–H groups in total. The monoisotopic (exact) mass is 265 g/mol. The van der Waals surface area contributed by atoms with Gasteiger partial charge in [0.1, 0.15) is 10.9 Å². The number of hydrogen-bond acceptors (Lipinski definition) is 4. The highest BCUT2D eigenvalue weighted by Gasteiger charge is 2.08. The van der Waals surface area contributed by atoms with Crippen LogP contribution in [0.25, 0.3) is 0 Å². The lowest BCUT2D eigenvalue weighted by Gasteiger charge is -2.02. The number of nitrogens with one attached hydrogen (secondary N) is 1. The molecule has 0 saturated carbocycles. The summed E-state index contributed by atoms with van der Waals surface area (Å²) in [4.78, 5) is 19.6. The van der Waals surface area contributed by atoms with E-state index in [0.29, 0.717) is 16.6 Å². The zero-order chi connectivity index (χ0) is 13.0. The second-order valence-electron chi connectivity index (χ2n) is 3.63. The molecule has 0 bridgehead atoms. The number of halogens is 1. The molecule has 18 heavy (non-hydrogen) atoms. The van der Waals surface area contributed by atoms with Gasteiger partial charge in [-0.2, -0.15) is 0 Å². The van der Waals surface area contributed by atoms with Crippen LogP contribution >= 0.6 is 11.6 Å². The van der Waals surface area contributed by atoms with Gasteiger partial charge in [0.15, 0.2) is 0 Å². The minimum Gasteiger partial charge on any atom is -0.444 e. The minimum absolute atomic E-state index is 0.240. The van der Waals surface area contributed by atoms with Gasteiger partial charge in [0, 0.05) is 12.6 Å². The fraction of sp³-hybridized carbons (Fsp3) is 0.250. The number of amides is 1. The van der Waals surface area contributed by atoms with Crippen molar-refractivity contribution in [2.24, 2.45) is 0 Å². The van der Waals surface area contributed by atoms with E-state index in [4.69, 9.17) is 16.0 Å². The average Bonchev–Trinajstić information content (AvgIpc) is 2.85. The van der Waals surface area contributed by atoms with E-state index in [0.717, 1.165) is 12.2 Å². The van der Waals surface area contributed by atoms with Gasteiger partial charge < -0.3 is 9.73 Å². The lowest BCUT2D eigenvalue weighted by Crippen LogP contribution is -2.23. The zero-order valence-electron chi connectivity index (χ0n) is 9.81. The van der Waals surface area contributed by atoms with Gasteiger partial charge in [-0.05, 0) is 12.1 Å². The summed E-state index contributed by atoms with van der Waals surface area (Å²) in [6.07, 6.45) is 3.86. The van der Waals surface area contributed by atoms with Gasteiger partial charge in [0.05, 0.1) is 18.3 Å². The number of hydrogen-bond donors (Lipinski definition) is 1. The molecule has 94 valence electrons. The summed E-state index contributed by atoms with van der Waals surface area (Å²) in [5, 5.41) is 3.05. The first-order chi connectivity index (χ1) is 8.69. The Kier molecular flexibility index (Phi) is 3.94. The highest BCUT2D eigenvalue weighted by atomic mass is 35.5. The van der Waals surface area contributed by atoms with Gasteiger partial charge in [-0.1, -0.05) is 18.5 Å². The molecule has 2 aromatic rings. The van der Waals surface area contributed by atoms with Crippen molar-refractivity contribution in [2.45, 2.75) is 19.9 Å². The van der Waals surface area contributed by atoms with Crippen LogP contribution in [0.1, 0.15) is 28.9 Å². The van der Waals surface area contributed by atoms with Crippen LogP contribution in [-0.2, 0) is 13.0 Å². The minimum atomic E-state index is -0.240. The maximum Gasteiger partial charge on any atom is 0.253 e. The van der Waals surface area contributed by atoms with Crippen molar-refractivity contribution >= 4 is 17.5 Å². The standard InChI is InChI=1S/C12H12ClN3O2/c1-2-9-6-15-11(18-9)7-16-12(17)8-3-4-10(13)14-5-8/h3-6H,2,7H2,1H3,(H,16,17). The molecule has 2 rings (SSSR count). The fourth-order valence-electron chi connectivity index (χ4n) is 1.36. The molecular weight excluding hydrogens is 254 g/mol. The smallest absolute Gasteiger partial charge is 0.253 e. The second-order valence-corrected chi connectivity index (χ2v) is 4.01. The second kappa shape index (κ2) is 5.64. The summed E-state index contributed by atoms with van der Waals surface area (Å²) in [5.74, 6) is 1.05. The van der Waals surface area contributed by atoms with Crippen LogP contribution in [0.5, 0.6) is 0 Å². The van der Waals surface area contributed by atoms with Crippen molar-refractivity contribution in [3.05, 3.63) is 46.9 Å². The number of aryl methyl sites for hydroxylation is 1. The Morgan fingerprint density at radius 1 is 1.39 bits per heavy atom. The van der Waals surface area contributed by atoms with Gasteiger partial charge >= 0.3 is 0 Å². The molecule has 0 aliphatic carbocycles. The van der Waals surface area contributed by atoms with Gasteiger partial charge in [0.25, 0.3) is 5.91 Å². The van der Waals surface area contributed by atoms with E-state index in [2.05, 4.69) is 15.3 Å². The molecule has 2 heterocycles. The lowest BCUT2D eigenvalue weighted by molar-refractivity contribution is 0.0946. The molecule has 0 atom stereocenters. The topological polar surface area (TPSA) is 68.0 Å². The van der Waals surface area contributed by atoms with Gasteiger partial charge in [-0.25, -0.2) is 9.97 Å². The normalized spacial score (nSPS) is 10.3. The first-order valence-electron chi connectivity index (χ1n) is 5.52. The van der Waals surface area contributed by atoms with E-state index in [1.807, 2.05) is 6.92 Å². The van der Waals surface area contributed by atoms with E-state index in [1.54, 1.807) is 18.3 Å². The highest BCUT2D eigenvalue weighted by Crippen LogP contribution is 2.06. The molecule has 0 radical (unpaired) electrons. The Morgan fingerprint density at radius 3 is 2.83 bits per heavy atom. The molecule has 0 aliphatic heterocycles. The molecule has 6 heteroatoms. The van der Waals surface area contributed by atoms with Crippen LogP contribution in [-0.4, -0.2) is 15.9 Å². The number of oxazole rings is 1. The molecule has 2 aromatic heterocycles. The Labute approximate surface area is 109 Å². The molecule has 0 aliphatic rings. The number of carbonyl (C=O) groups excluding carboxylic acids is 1.